The Bertz CT molecular complexity index is 653. The van der Waals surface area contributed by atoms with Gasteiger partial charge in [-0.25, -0.2) is 0 Å². The number of hydrogen-bond acceptors (Lipinski definition) is 1. The number of halogens is 1. The lowest BCUT2D eigenvalue weighted by Gasteiger charge is -2.58. The second-order valence-corrected chi connectivity index (χ2v) is 12.5. The second-order valence-electron chi connectivity index (χ2n) is 10.8. The van der Waals surface area contributed by atoms with Gasteiger partial charge in [-0.05, 0) is 120 Å². The van der Waals surface area contributed by atoms with Crippen LogP contribution in [0.2, 0.25) is 0 Å². The molecule has 1 nitrogen and oxygen atoms in total. The third-order valence-corrected chi connectivity index (χ3v) is 11.0. The molecule has 0 amide bonds. The van der Waals surface area contributed by atoms with Gasteiger partial charge in [-0.1, -0.05) is 32.4 Å². The first-order chi connectivity index (χ1) is 13.4. The van der Waals surface area contributed by atoms with E-state index in [1.807, 2.05) is 0 Å². The maximum atomic E-state index is 6.03. The Labute approximate surface area is 188 Å². The Morgan fingerprint density at radius 1 is 1.25 bits per heavy atom. The quantitative estimate of drug-likeness (QED) is 0.157. The van der Waals surface area contributed by atoms with Gasteiger partial charge in [0.2, 0.25) is 0 Å². The largest absolute Gasteiger partial charge is 0.348 e. The number of fused-ring (bicyclic) bond motifs is 5. The van der Waals surface area contributed by atoms with Crippen molar-refractivity contribution in [1.82, 2.24) is 0 Å². The number of allylic oxidation sites excluding steroid dienone is 1. The average Bonchev–Trinajstić information content (AvgIpc) is 3.04. The Balaban J connectivity index is 1.53. The van der Waals surface area contributed by atoms with Crippen molar-refractivity contribution in [2.45, 2.75) is 91.1 Å². The maximum Gasteiger partial charge on any atom is 0.0797 e. The highest BCUT2D eigenvalue weighted by Crippen LogP contribution is 2.67. The van der Waals surface area contributed by atoms with E-state index in [1.54, 1.807) is 5.57 Å². The van der Waals surface area contributed by atoms with Crippen molar-refractivity contribution in [3.05, 3.63) is 11.6 Å². The summed E-state index contributed by atoms with van der Waals surface area (Å²) in [6.07, 6.45) is 21.8. The molecule has 0 spiro atoms. The molecule has 0 aromatic rings. The summed E-state index contributed by atoms with van der Waals surface area (Å²) in [5, 5.41) is 0. The lowest BCUT2D eigenvalue weighted by Crippen LogP contribution is -2.50. The predicted octanol–water partition coefficient (Wildman–Crippen LogP) is 7.94. The molecule has 0 aromatic heterocycles. The van der Waals surface area contributed by atoms with Crippen LogP contribution in [0.1, 0.15) is 85.0 Å². The first-order valence-electron chi connectivity index (χ1n) is 11.6. The van der Waals surface area contributed by atoms with Crippen LogP contribution >= 0.6 is 28.5 Å². The smallest absolute Gasteiger partial charge is 0.0797 e. The second kappa shape index (κ2) is 8.51. The fourth-order valence-corrected chi connectivity index (χ4v) is 9.68. The summed E-state index contributed by atoms with van der Waals surface area (Å²) in [6, 6.07) is 0. The summed E-state index contributed by atoms with van der Waals surface area (Å²) in [5.41, 5.74) is 2.76. The van der Waals surface area contributed by atoms with Gasteiger partial charge in [-0.2, -0.15) is 0 Å². The standard InChI is InChI=1S/C25H38IOP/c1-5-6-7-17(2)21-10-11-22-20-9-8-18-16-19(27-28-26)12-14-24(18,3)23(20)13-15-25(21,22)4/h1,8,17,19-23,28H,6-7,9-16H2,2-4H3/t17-,19+,20+,21-,22+,23+,24+,25-/m1/s1. The fourth-order valence-electron chi connectivity index (χ4n) is 8.28. The summed E-state index contributed by atoms with van der Waals surface area (Å²) in [4.78, 5) is 0. The first-order valence-corrected chi connectivity index (χ1v) is 15.6. The highest BCUT2D eigenvalue weighted by molar-refractivity contribution is 14.2. The van der Waals surface area contributed by atoms with E-state index in [0.717, 1.165) is 36.0 Å². The molecule has 0 N–H and O–H groups in total. The molecule has 3 fully saturated rings. The minimum atomic E-state index is 0.450. The van der Waals surface area contributed by atoms with E-state index in [-0.39, 0.29) is 0 Å². The Morgan fingerprint density at radius 3 is 2.82 bits per heavy atom. The van der Waals surface area contributed by atoms with Crippen molar-refractivity contribution in [3.63, 3.8) is 0 Å². The zero-order chi connectivity index (χ0) is 19.9. The van der Waals surface area contributed by atoms with Crippen LogP contribution in [0.25, 0.3) is 0 Å². The monoisotopic (exact) mass is 512 g/mol. The minimum Gasteiger partial charge on any atom is -0.348 e. The van der Waals surface area contributed by atoms with Crippen molar-refractivity contribution in [1.29, 1.82) is 0 Å². The molecular weight excluding hydrogens is 474 g/mol. The molecule has 0 saturated heterocycles. The molecule has 1 unspecified atom stereocenters. The third-order valence-electron chi connectivity index (χ3n) is 9.77. The molecule has 0 bridgehead atoms. The van der Waals surface area contributed by atoms with Gasteiger partial charge >= 0.3 is 0 Å². The van der Waals surface area contributed by atoms with Gasteiger partial charge < -0.3 is 4.52 Å². The molecule has 0 radical (unpaired) electrons. The average molecular weight is 512 g/mol. The maximum absolute atomic E-state index is 6.03. The molecule has 4 rings (SSSR count). The zero-order valence-corrected chi connectivity index (χ0v) is 21.1. The first kappa shape index (κ1) is 21.6. The van der Waals surface area contributed by atoms with Crippen LogP contribution < -0.4 is 0 Å². The van der Waals surface area contributed by atoms with Crippen LogP contribution in [0.3, 0.4) is 0 Å². The van der Waals surface area contributed by atoms with Gasteiger partial charge in [-0.3, -0.25) is 0 Å². The van der Waals surface area contributed by atoms with Crippen LogP contribution in [0.15, 0.2) is 11.6 Å². The van der Waals surface area contributed by atoms with Gasteiger partial charge in [-0.15, -0.1) is 12.3 Å². The van der Waals surface area contributed by atoms with Crippen LogP contribution in [-0.4, -0.2) is 6.10 Å². The molecule has 156 valence electrons. The molecule has 3 heteroatoms. The van der Waals surface area contributed by atoms with E-state index in [4.69, 9.17) is 10.9 Å². The normalized spacial score (nSPS) is 46.4. The minimum absolute atomic E-state index is 0.450. The van der Waals surface area contributed by atoms with Gasteiger partial charge in [0, 0.05) is 6.42 Å². The van der Waals surface area contributed by atoms with Crippen molar-refractivity contribution in [2.24, 2.45) is 40.4 Å². The van der Waals surface area contributed by atoms with Gasteiger partial charge in [0.05, 0.1) is 12.6 Å². The molecule has 4 aliphatic rings. The molecule has 0 aromatic carbocycles. The summed E-state index contributed by atoms with van der Waals surface area (Å²) < 4.78 is 6.03. The molecule has 28 heavy (non-hydrogen) atoms. The highest BCUT2D eigenvalue weighted by atomic mass is 127. The van der Waals surface area contributed by atoms with E-state index in [2.05, 4.69) is 54.8 Å². The number of rotatable bonds is 5. The van der Waals surface area contributed by atoms with Crippen molar-refractivity contribution in [2.75, 3.05) is 0 Å². The highest BCUT2D eigenvalue weighted by Gasteiger charge is 2.59. The van der Waals surface area contributed by atoms with Crippen molar-refractivity contribution in [3.8, 4) is 12.3 Å². The Morgan fingerprint density at radius 2 is 2.07 bits per heavy atom. The van der Waals surface area contributed by atoms with Crippen molar-refractivity contribution >= 4 is 28.5 Å². The van der Waals surface area contributed by atoms with Crippen molar-refractivity contribution < 1.29 is 4.52 Å². The number of hydrogen-bond donors (Lipinski definition) is 0. The topological polar surface area (TPSA) is 9.23 Å². The molecule has 9 atom stereocenters. The Kier molecular flexibility index (Phi) is 6.58. The Hall–Kier alpha value is 0.420. The van der Waals surface area contributed by atoms with Crippen LogP contribution in [0, 0.1) is 52.8 Å². The predicted molar refractivity (Wildman–Crippen MR) is 130 cm³/mol. The van der Waals surface area contributed by atoms with Crippen LogP contribution in [0.4, 0.5) is 0 Å². The summed E-state index contributed by atoms with van der Waals surface area (Å²) in [7, 11) is 0. The van der Waals surface area contributed by atoms with E-state index in [9.17, 15) is 0 Å². The van der Waals surface area contributed by atoms with Crippen LogP contribution in [0.5, 0.6) is 0 Å². The lowest BCUT2D eigenvalue weighted by molar-refractivity contribution is -0.0550. The van der Waals surface area contributed by atoms with E-state index in [1.165, 1.54) is 57.8 Å². The summed E-state index contributed by atoms with van der Waals surface area (Å²) in [6.45, 7) is 8.36. The molecule has 0 heterocycles. The van der Waals surface area contributed by atoms with Crippen LogP contribution in [-0.2, 0) is 4.52 Å². The summed E-state index contributed by atoms with van der Waals surface area (Å²) >= 11 is 2.38. The van der Waals surface area contributed by atoms with E-state index >= 15 is 0 Å². The molecular formula is C25H38IOP. The molecule has 4 aliphatic carbocycles. The van der Waals surface area contributed by atoms with E-state index in [0.29, 0.717) is 23.4 Å². The van der Waals surface area contributed by atoms with E-state index < -0.39 is 0 Å². The summed E-state index contributed by atoms with van der Waals surface area (Å²) in [5.74, 6) is 7.32. The fraction of sp³-hybridized carbons (Fsp3) is 0.840. The SMILES string of the molecule is C#CCC[C@@H](C)[C@H]1CC[C@H]2[C@@H]3CC=C4C[C@@H](OPI)CC[C@]4(C)[C@H]3CC[C@]12C. The van der Waals surface area contributed by atoms with Gasteiger partial charge in [0.1, 0.15) is 0 Å². The molecule has 3 saturated carbocycles. The number of terminal acetylenes is 1. The third kappa shape index (κ3) is 3.54. The lowest BCUT2D eigenvalue weighted by atomic mass is 9.47. The van der Waals surface area contributed by atoms with Gasteiger partial charge in [0.25, 0.3) is 0 Å². The molecule has 0 aliphatic heterocycles. The van der Waals surface area contributed by atoms with Gasteiger partial charge in [0.15, 0.2) is 0 Å². The zero-order valence-electron chi connectivity index (χ0n) is 18.0.